The maximum atomic E-state index is 12.9. The molecule has 1 atom stereocenters. The van der Waals surface area contributed by atoms with E-state index in [0.29, 0.717) is 30.0 Å². The van der Waals surface area contributed by atoms with Gasteiger partial charge in [-0.3, -0.25) is 9.59 Å². The van der Waals surface area contributed by atoms with E-state index < -0.39 is 0 Å². The fourth-order valence-corrected chi connectivity index (χ4v) is 4.85. The molecule has 2 N–H and O–H groups in total. The summed E-state index contributed by atoms with van der Waals surface area (Å²) < 4.78 is 7.19. The highest BCUT2D eigenvalue weighted by Gasteiger charge is 2.23. The number of hydrogen-bond acceptors (Lipinski definition) is 7. The summed E-state index contributed by atoms with van der Waals surface area (Å²) in [5.74, 6) is 2.65. The van der Waals surface area contributed by atoms with Crippen LogP contribution in [0.3, 0.4) is 0 Å². The van der Waals surface area contributed by atoms with Crippen LogP contribution in [-0.2, 0) is 11.3 Å². The first-order valence-electron chi connectivity index (χ1n) is 11.4. The van der Waals surface area contributed by atoms with E-state index in [2.05, 4.69) is 20.8 Å². The fraction of sp³-hybridized carbons (Fsp3) is 0.360. The zero-order chi connectivity index (χ0) is 25.0. The molecular weight excluding hydrogens is 482 g/mol. The second kappa shape index (κ2) is 13.8. The van der Waals surface area contributed by atoms with E-state index in [1.165, 1.54) is 11.8 Å². The molecule has 0 saturated carbocycles. The topological polar surface area (TPSA) is 98.1 Å². The number of anilines is 1. The number of methoxy groups -OCH3 is 1. The van der Waals surface area contributed by atoms with Crippen molar-refractivity contribution in [1.29, 1.82) is 0 Å². The Morgan fingerprint density at radius 2 is 1.80 bits per heavy atom. The molecule has 0 radical (unpaired) electrons. The van der Waals surface area contributed by atoms with E-state index in [4.69, 9.17) is 4.74 Å². The van der Waals surface area contributed by atoms with E-state index in [1.807, 2.05) is 48.1 Å². The average Bonchev–Trinajstić information content (AvgIpc) is 3.29. The molecule has 8 nitrogen and oxygen atoms in total. The molecule has 0 aliphatic heterocycles. The van der Waals surface area contributed by atoms with Gasteiger partial charge in [0, 0.05) is 30.0 Å². The van der Waals surface area contributed by atoms with E-state index in [0.717, 1.165) is 28.8 Å². The Kier molecular flexibility index (Phi) is 10.5. The quantitative estimate of drug-likeness (QED) is 0.321. The zero-order valence-corrected chi connectivity index (χ0v) is 21.8. The van der Waals surface area contributed by atoms with E-state index >= 15 is 0 Å². The summed E-state index contributed by atoms with van der Waals surface area (Å²) in [6.07, 6.45) is 3.12. The smallest absolute Gasteiger partial charge is 0.251 e. The van der Waals surface area contributed by atoms with Crippen molar-refractivity contribution >= 4 is 41.0 Å². The molecule has 3 rings (SSSR count). The second-order valence-electron chi connectivity index (χ2n) is 7.63. The van der Waals surface area contributed by atoms with Crippen LogP contribution in [0.25, 0.3) is 0 Å². The van der Waals surface area contributed by atoms with Gasteiger partial charge in [-0.15, -0.1) is 10.2 Å². The summed E-state index contributed by atoms with van der Waals surface area (Å²) >= 11 is 3.20. The van der Waals surface area contributed by atoms with Crippen molar-refractivity contribution in [2.45, 2.75) is 37.5 Å². The number of para-hydroxylation sites is 1. The van der Waals surface area contributed by atoms with Gasteiger partial charge in [-0.1, -0.05) is 30.0 Å². The van der Waals surface area contributed by atoms with Crippen LogP contribution in [0.1, 0.15) is 42.0 Å². The molecule has 10 heteroatoms. The van der Waals surface area contributed by atoms with Gasteiger partial charge in [0.2, 0.25) is 5.91 Å². The fourth-order valence-electron chi connectivity index (χ4n) is 3.43. The highest BCUT2D eigenvalue weighted by Crippen LogP contribution is 2.24. The molecule has 0 aliphatic carbocycles. The number of nitrogens with zero attached hydrogens (tertiary/aromatic N) is 3. The van der Waals surface area contributed by atoms with E-state index in [9.17, 15) is 9.59 Å². The largest absolute Gasteiger partial charge is 0.497 e. The molecule has 0 saturated heterocycles. The molecule has 35 heavy (non-hydrogen) atoms. The number of benzene rings is 2. The number of nitrogens with one attached hydrogen (secondary N) is 2. The minimum absolute atomic E-state index is 0.0453. The van der Waals surface area contributed by atoms with Crippen molar-refractivity contribution in [2.24, 2.45) is 0 Å². The van der Waals surface area contributed by atoms with Crippen molar-refractivity contribution in [1.82, 2.24) is 20.1 Å². The normalized spacial score (nSPS) is 11.6. The van der Waals surface area contributed by atoms with E-state index in [-0.39, 0.29) is 17.9 Å². The Labute approximate surface area is 214 Å². The van der Waals surface area contributed by atoms with Gasteiger partial charge in [-0.05, 0) is 61.8 Å². The van der Waals surface area contributed by atoms with Gasteiger partial charge in [0.05, 0.1) is 13.2 Å². The summed E-state index contributed by atoms with van der Waals surface area (Å²) in [6.45, 7) is 2.69. The molecule has 0 unspecified atom stereocenters. The van der Waals surface area contributed by atoms with Crippen LogP contribution in [0.2, 0.25) is 0 Å². The van der Waals surface area contributed by atoms with Gasteiger partial charge >= 0.3 is 0 Å². The van der Waals surface area contributed by atoms with Crippen molar-refractivity contribution < 1.29 is 14.3 Å². The maximum Gasteiger partial charge on any atom is 0.251 e. The predicted octanol–water partition coefficient (Wildman–Crippen LogP) is 4.65. The van der Waals surface area contributed by atoms with Gasteiger partial charge in [0.1, 0.15) is 5.75 Å². The lowest BCUT2D eigenvalue weighted by Crippen LogP contribution is -2.31. The Morgan fingerprint density at radius 1 is 1.06 bits per heavy atom. The molecule has 0 fully saturated rings. The van der Waals surface area contributed by atoms with E-state index in [1.54, 1.807) is 43.1 Å². The second-order valence-corrected chi connectivity index (χ2v) is 9.68. The van der Waals surface area contributed by atoms with Crippen LogP contribution in [0.5, 0.6) is 5.75 Å². The molecule has 1 aromatic heterocycles. The molecular formula is C25H31N5O3S2. The number of amides is 2. The number of rotatable bonds is 13. The van der Waals surface area contributed by atoms with Gasteiger partial charge in [0.15, 0.2) is 11.0 Å². The number of hydrogen-bond donors (Lipinski definition) is 2. The third kappa shape index (κ3) is 7.76. The SMILES string of the molecule is CCn1c(SCCC(=O)Nc2ccccc2)nnc1[C@@H](CCSC)NC(=O)c1ccc(OC)cc1. The van der Waals surface area contributed by atoms with Crippen LogP contribution in [0.4, 0.5) is 5.69 Å². The highest BCUT2D eigenvalue weighted by molar-refractivity contribution is 7.99. The molecule has 3 aromatic rings. The lowest BCUT2D eigenvalue weighted by molar-refractivity contribution is -0.115. The summed E-state index contributed by atoms with van der Waals surface area (Å²) in [7, 11) is 1.59. The Balaban J connectivity index is 1.65. The van der Waals surface area contributed by atoms with Crippen molar-refractivity contribution in [3.05, 3.63) is 66.0 Å². The van der Waals surface area contributed by atoms with Crippen LogP contribution in [0.15, 0.2) is 59.8 Å². The van der Waals surface area contributed by atoms with Crippen LogP contribution in [0, 0.1) is 0 Å². The first kappa shape index (κ1) is 26.6. The average molecular weight is 514 g/mol. The minimum Gasteiger partial charge on any atom is -0.497 e. The molecule has 0 spiro atoms. The molecule has 2 aromatic carbocycles. The minimum atomic E-state index is -0.278. The highest BCUT2D eigenvalue weighted by atomic mass is 32.2. The Bertz CT molecular complexity index is 1090. The predicted molar refractivity (Wildman–Crippen MR) is 142 cm³/mol. The zero-order valence-electron chi connectivity index (χ0n) is 20.2. The van der Waals surface area contributed by atoms with Gasteiger partial charge in [-0.25, -0.2) is 0 Å². The third-order valence-electron chi connectivity index (χ3n) is 5.26. The van der Waals surface area contributed by atoms with Gasteiger partial charge in [0.25, 0.3) is 5.91 Å². The lowest BCUT2D eigenvalue weighted by Gasteiger charge is -2.19. The third-order valence-corrected chi connectivity index (χ3v) is 6.87. The molecule has 0 bridgehead atoms. The van der Waals surface area contributed by atoms with Crippen molar-refractivity contribution in [2.75, 3.05) is 30.2 Å². The maximum absolute atomic E-state index is 12.9. The van der Waals surface area contributed by atoms with Crippen LogP contribution >= 0.6 is 23.5 Å². The Hall–Kier alpha value is -2.98. The number of thioether (sulfide) groups is 2. The van der Waals surface area contributed by atoms with Crippen LogP contribution < -0.4 is 15.4 Å². The lowest BCUT2D eigenvalue weighted by atomic mass is 10.1. The van der Waals surface area contributed by atoms with Crippen molar-refractivity contribution in [3.63, 3.8) is 0 Å². The molecule has 0 aliphatic rings. The van der Waals surface area contributed by atoms with Gasteiger partial charge in [-0.2, -0.15) is 11.8 Å². The van der Waals surface area contributed by atoms with Crippen LogP contribution in [-0.4, -0.2) is 51.5 Å². The Morgan fingerprint density at radius 3 is 2.46 bits per heavy atom. The first-order chi connectivity index (χ1) is 17.0. The number of ether oxygens (including phenoxy) is 1. The standard InChI is InChI=1S/C25H31N5O3S2/c1-4-30-23(21(14-16-34-3)27-24(32)18-10-12-20(33-2)13-11-18)28-29-25(30)35-17-15-22(31)26-19-8-6-5-7-9-19/h5-13,21H,4,14-17H2,1-3H3,(H,26,31)(H,27,32)/t21-/m1/s1. The molecule has 1 heterocycles. The molecule has 2 amide bonds. The monoisotopic (exact) mass is 513 g/mol. The number of aromatic nitrogens is 3. The summed E-state index contributed by atoms with van der Waals surface area (Å²) in [5.41, 5.74) is 1.34. The van der Waals surface area contributed by atoms with Crippen molar-refractivity contribution in [3.8, 4) is 5.75 Å². The number of carbonyl (C=O) groups is 2. The molecule has 186 valence electrons. The summed E-state index contributed by atoms with van der Waals surface area (Å²) in [5, 5.41) is 15.6. The summed E-state index contributed by atoms with van der Waals surface area (Å²) in [4.78, 5) is 25.2. The number of carbonyl (C=O) groups excluding carboxylic acids is 2. The van der Waals surface area contributed by atoms with Gasteiger partial charge < -0.3 is 19.9 Å². The summed E-state index contributed by atoms with van der Waals surface area (Å²) in [6, 6.07) is 16.1. The first-order valence-corrected chi connectivity index (χ1v) is 13.8.